The van der Waals surface area contributed by atoms with Gasteiger partial charge in [0, 0.05) is 19.6 Å². The molecule has 0 saturated carbocycles. The summed E-state index contributed by atoms with van der Waals surface area (Å²) in [5, 5.41) is 1.19. The normalized spacial score (nSPS) is 15.9. The van der Waals surface area contributed by atoms with Crippen molar-refractivity contribution in [1.29, 1.82) is 0 Å². The number of fused-ring (bicyclic) bond motifs is 1. The summed E-state index contributed by atoms with van der Waals surface area (Å²) < 4.78 is 17.2. The SMILES string of the molecule is CCn1c(=O)n(OCc2ccccc2)c(=O)c2cc(F)c(N3CCC(N(C=O)OC(C)(C)C)C3)nc21. The lowest BCUT2D eigenvalue weighted by atomic mass is 10.2. The maximum atomic E-state index is 15.3. The van der Waals surface area contributed by atoms with Crippen molar-refractivity contribution in [3.63, 3.8) is 0 Å². The van der Waals surface area contributed by atoms with Crippen LogP contribution in [0.4, 0.5) is 10.2 Å². The molecule has 11 heteroatoms. The number of amides is 1. The van der Waals surface area contributed by atoms with Crippen LogP contribution in [0, 0.1) is 5.82 Å². The fraction of sp³-hybridized carbons (Fsp3) is 0.440. The van der Waals surface area contributed by atoms with Gasteiger partial charge in [-0.2, -0.15) is 0 Å². The van der Waals surface area contributed by atoms with Crippen LogP contribution < -0.4 is 21.0 Å². The summed E-state index contributed by atoms with van der Waals surface area (Å²) >= 11 is 0. The van der Waals surface area contributed by atoms with Crippen molar-refractivity contribution in [3.8, 4) is 0 Å². The number of aryl methyl sites for hydroxylation is 1. The van der Waals surface area contributed by atoms with Gasteiger partial charge in [-0.1, -0.05) is 35.1 Å². The number of rotatable bonds is 8. The molecule has 1 atom stereocenters. The van der Waals surface area contributed by atoms with Crippen molar-refractivity contribution in [2.45, 2.75) is 58.9 Å². The third kappa shape index (κ3) is 5.11. The van der Waals surface area contributed by atoms with Gasteiger partial charge >= 0.3 is 5.69 Å². The van der Waals surface area contributed by atoms with Crippen molar-refractivity contribution < 1.29 is 18.9 Å². The van der Waals surface area contributed by atoms with Gasteiger partial charge in [0.2, 0.25) is 6.41 Å². The van der Waals surface area contributed by atoms with Gasteiger partial charge in [-0.15, -0.1) is 0 Å². The molecule has 1 aromatic carbocycles. The molecule has 10 nitrogen and oxygen atoms in total. The van der Waals surface area contributed by atoms with Gasteiger partial charge in [0.05, 0.1) is 17.0 Å². The Hall–Kier alpha value is -3.73. The number of pyridine rings is 1. The molecule has 3 heterocycles. The fourth-order valence-corrected chi connectivity index (χ4v) is 4.20. The van der Waals surface area contributed by atoms with Crippen molar-refractivity contribution in [3.05, 3.63) is 68.6 Å². The molecule has 4 rings (SSSR count). The Labute approximate surface area is 207 Å². The summed E-state index contributed by atoms with van der Waals surface area (Å²) in [6.07, 6.45) is 1.17. The van der Waals surface area contributed by atoms with Gasteiger partial charge in [-0.05, 0) is 45.7 Å². The zero-order chi connectivity index (χ0) is 26.0. The van der Waals surface area contributed by atoms with Crippen molar-refractivity contribution in [2.75, 3.05) is 18.0 Å². The van der Waals surface area contributed by atoms with Crippen molar-refractivity contribution >= 4 is 23.3 Å². The minimum Gasteiger partial charge on any atom is -0.401 e. The van der Waals surface area contributed by atoms with Crippen LogP contribution in [0.5, 0.6) is 0 Å². The molecule has 0 N–H and O–H groups in total. The highest BCUT2D eigenvalue weighted by atomic mass is 19.1. The van der Waals surface area contributed by atoms with Crippen LogP contribution in [0.1, 0.15) is 39.7 Å². The summed E-state index contributed by atoms with van der Waals surface area (Å²) in [5.74, 6) is -0.693. The number of hydrogen-bond donors (Lipinski definition) is 0. The molecule has 0 radical (unpaired) electrons. The molecule has 0 aliphatic carbocycles. The molecule has 0 spiro atoms. The van der Waals surface area contributed by atoms with E-state index in [1.54, 1.807) is 24.0 Å². The van der Waals surface area contributed by atoms with Gasteiger partial charge in [0.25, 0.3) is 5.56 Å². The summed E-state index contributed by atoms with van der Waals surface area (Å²) in [4.78, 5) is 55.1. The Morgan fingerprint density at radius 3 is 2.58 bits per heavy atom. The Kier molecular flexibility index (Phi) is 7.11. The van der Waals surface area contributed by atoms with E-state index in [0.717, 1.165) is 11.6 Å². The lowest BCUT2D eigenvalue weighted by Crippen LogP contribution is -2.44. The van der Waals surface area contributed by atoms with Gasteiger partial charge in [-0.3, -0.25) is 19.0 Å². The first-order valence-electron chi connectivity index (χ1n) is 11.8. The zero-order valence-corrected chi connectivity index (χ0v) is 20.8. The molecule has 192 valence electrons. The zero-order valence-electron chi connectivity index (χ0n) is 20.8. The lowest BCUT2D eigenvalue weighted by Gasteiger charge is -2.31. The molecule has 36 heavy (non-hydrogen) atoms. The van der Waals surface area contributed by atoms with E-state index < -0.39 is 22.7 Å². The average Bonchev–Trinajstić information content (AvgIpc) is 3.33. The highest BCUT2D eigenvalue weighted by molar-refractivity contribution is 5.76. The number of halogens is 1. The van der Waals surface area contributed by atoms with Crippen LogP contribution >= 0.6 is 0 Å². The largest absolute Gasteiger partial charge is 0.401 e. The predicted molar refractivity (Wildman–Crippen MR) is 132 cm³/mol. The Balaban J connectivity index is 1.67. The maximum Gasteiger partial charge on any atom is 0.366 e. The summed E-state index contributed by atoms with van der Waals surface area (Å²) in [7, 11) is 0. The van der Waals surface area contributed by atoms with Crippen LogP contribution in [-0.2, 0) is 22.8 Å². The number of benzene rings is 1. The summed E-state index contributed by atoms with van der Waals surface area (Å²) in [6, 6.07) is 9.88. The summed E-state index contributed by atoms with van der Waals surface area (Å²) in [6.45, 7) is 8.14. The second-order valence-electron chi connectivity index (χ2n) is 9.61. The molecule has 2 aromatic heterocycles. The van der Waals surface area contributed by atoms with E-state index in [0.29, 0.717) is 24.1 Å². The number of nitrogens with zero attached hydrogens (tertiary/aromatic N) is 5. The Morgan fingerprint density at radius 1 is 1.22 bits per heavy atom. The van der Waals surface area contributed by atoms with Crippen molar-refractivity contribution in [1.82, 2.24) is 19.3 Å². The first kappa shape index (κ1) is 25.4. The highest BCUT2D eigenvalue weighted by Crippen LogP contribution is 2.26. The number of aromatic nitrogens is 3. The van der Waals surface area contributed by atoms with E-state index in [1.165, 1.54) is 9.63 Å². The molecular weight excluding hydrogens is 469 g/mol. The fourth-order valence-electron chi connectivity index (χ4n) is 4.20. The number of hydroxylamine groups is 2. The van der Waals surface area contributed by atoms with Gasteiger partial charge in [0.15, 0.2) is 17.3 Å². The minimum absolute atomic E-state index is 0.00175. The van der Waals surface area contributed by atoms with E-state index in [-0.39, 0.29) is 42.6 Å². The first-order chi connectivity index (χ1) is 17.1. The number of carbonyl (C=O) groups excluding carboxylic acids is 1. The molecule has 3 aromatic rings. The number of hydrogen-bond acceptors (Lipinski definition) is 7. The molecule has 1 amide bonds. The van der Waals surface area contributed by atoms with E-state index in [1.807, 2.05) is 39.0 Å². The van der Waals surface area contributed by atoms with Gasteiger partial charge in [-0.25, -0.2) is 19.2 Å². The molecule has 1 unspecified atom stereocenters. The van der Waals surface area contributed by atoms with Crippen LogP contribution in [0.3, 0.4) is 0 Å². The average molecular weight is 500 g/mol. The third-order valence-electron chi connectivity index (χ3n) is 5.84. The Morgan fingerprint density at radius 2 is 1.94 bits per heavy atom. The molecule has 1 saturated heterocycles. The van der Waals surface area contributed by atoms with E-state index in [4.69, 9.17) is 9.68 Å². The quantitative estimate of drug-likeness (QED) is 0.346. The smallest absolute Gasteiger partial charge is 0.366 e. The van der Waals surface area contributed by atoms with Crippen LogP contribution in [0.15, 0.2) is 46.0 Å². The second-order valence-corrected chi connectivity index (χ2v) is 9.61. The minimum atomic E-state index is -0.779. The summed E-state index contributed by atoms with van der Waals surface area (Å²) in [5.41, 5.74) is -1.19. The third-order valence-corrected chi connectivity index (χ3v) is 5.84. The molecule has 1 fully saturated rings. The molecule has 0 bridgehead atoms. The number of anilines is 1. The maximum absolute atomic E-state index is 15.3. The standard InChI is InChI=1S/C25H30FN5O5/c1-5-29-21-19(23(33)31(24(29)34)35-15-17-9-7-6-8-10-17)13-20(26)22(27-21)28-12-11-18(14-28)30(16-32)36-25(2,3)4/h6-10,13,16,18H,5,11-12,14-15H2,1-4H3. The van der Waals surface area contributed by atoms with Crippen LogP contribution in [-0.4, -0.2) is 50.5 Å². The lowest BCUT2D eigenvalue weighted by molar-refractivity contribution is -0.229. The van der Waals surface area contributed by atoms with Gasteiger partial charge in [0.1, 0.15) is 6.61 Å². The van der Waals surface area contributed by atoms with E-state index in [9.17, 15) is 14.4 Å². The predicted octanol–water partition coefficient (Wildman–Crippen LogP) is 2.11. The highest BCUT2D eigenvalue weighted by Gasteiger charge is 2.33. The van der Waals surface area contributed by atoms with Crippen molar-refractivity contribution in [2.24, 2.45) is 0 Å². The monoisotopic (exact) mass is 499 g/mol. The molecule has 1 aliphatic heterocycles. The molecule has 1 aliphatic rings. The van der Waals surface area contributed by atoms with Gasteiger partial charge < -0.3 is 9.74 Å². The Bertz CT molecular complexity index is 1370. The molecular formula is C25H30FN5O5. The van der Waals surface area contributed by atoms with Crippen LogP contribution in [0.25, 0.3) is 11.0 Å². The van der Waals surface area contributed by atoms with E-state index >= 15 is 4.39 Å². The van der Waals surface area contributed by atoms with E-state index in [2.05, 4.69) is 4.98 Å². The first-order valence-corrected chi connectivity index (χ1v) is 11.8. The second kappa shape index (κ2) is 10.1. The topological polar surface area (TPSA) is 98.9 Å². The number of carbonyl (C=O) groups is 1. The van der Waals surface area contributed by atoms with Crippen LogP contribution in [0.2, 0.25) is 0 Å².